The van der Waals surface area contributed by atoms with E-state index in [1.54, 1.807) is 6.07 Å². The van der Waals surface area contributed by atoms with Gasteiger partial charge in [-0.1, -0.05) is 6.07 Å². The van der Waals surface area contributed by atoms with E-state index < -0.39 is 11.8 Å². The normalized spacial score (nSPS) is 15.2. The van der Waals surface area contributed by atoms with Gasteiger partial charge in [0.15, 0.2) is 0 Å². The number of esters is 1. The molecule has 1 saturated heterocycles. The lowest BCUT2D eigenvalue weighted by molar-refractivity contribution is -0.136. The van der Waals surface area contributed by atoms with Gasteiger partial charge in [0.25, 0.3) is 0 Å². The molecule has 1 aromatic heterocycles. The third kappa shape index (κ3) is 5.08. The molecule has 0 bridgehead atoms. The Morgan fingerprint density at radius 2 is 1.90 bits per heavy atom. The van der Waals surface area contributed by atoms with Crippen LogP contribution in [0.25, 0.3) is 0 Å². The second kappa shape index (κ2) is 8.60. The molecule has 30 heavy (non-hydrogen) atoms. The number of nitrogens with one attached hydrogen (secondary N) is 1. The van der Waals surface area contributed by atoms with Crippen molar-refractivity contribution >= 4 is 17.5 Å². The summed E-state index contributed by atoms with van der Waals surface area (Å²) in [4.78, 5) is 19.0. The Morgan fingerprint density at radius 3 is 2.47 bits per heavy atom. The number of aromatic nitrogens is 1. The second-order valence-electron chi connectivity index (χ2n) is 8.46. The van der Waals surface area contributed by atoms with Crippen molar-refractivity contribution < 1.29 is 19.0 Å². The number of carbonyl (C=O) groups excluding carboxylic acids is 1. The Balaban J connectivity index is 1.73. The summed E-state index contributed by atoms with van der Waals surface area (Å²) in [5.74, 6) is -1.61. The Hall–Kier alpha value is -2.67. The molecule has 2 N–H and O–H groups in total. The molecule has 1 fully saturated rings. The van der Waals surface area contributed by atoms with E-state index in [2.05, 4.69) is 15.2 Å². The third-order valence-electron chi connectivity index (χ3n) is 5.40. The smallest absolute Gasteiger partial charge is 0.341 e. The van der Waals surface area contributed by atoms with E-state index in [1.807, 2.05) is 26.8 Å². The number of carbonyl (C=O) groups is 1. The maximum Gasteiger partial charge on any atom is 0.341 e. The van der Waals surface area contributed by atoms with Gasteiger partial charge in [-0.15, -0.1) is 0 Å². The lowest BCUT2D eigenvalue weighted by atomic mass is 9.95. The predicted octanol–water partition coefficient (Wildman–Crippen LogP) is 4.11. The topological polar surface area (TPSA) is 74.7 Å². The molecule has 1 aliphatic rings. The van der Waals surface area contributed by atoms with E-state index in [0.29, 0.717) is 5.56 Å². The van der Waals surface area contributed by atoms with Crippen molar-refractivity contribution in [1.82, 2.24) is 4.98 Å². The highest BCUT2D eigenvalue weighted by Crippen LogP contribution is 2.30. The van der Waals surface area contributed by atoms with Gasteiger partial charge < -0.3 is 20.1 Å². The first-order valence-electron chi connectivity index (χ1n) is 10.2. The van der Waals surface area contributed by atoms with Gasteiger partial charge in [0, 0.05) is 38.7 Å². The molecule has 162 valence electrons. The van der Waals surface area contributed by atoms with Crippen LogP contribution in [0, 0.1) is 26.6 Å². The van der Waals surface area contributed by atoms with Crippen LogP contribution in [0.3, 0.4) is 0 Å². The number of nitrogens with zero attached hydrogens (tertiary/aromatic N) is 2. The quantitative estimate of drug-likeness (QED) is 0.565. The van der Waals surface area contributed by atoms with E-state index in [4.69, 9.17) is 4.74 Å². The number of aryl methyl sites for hydroxylation is 2. The highest BCUT2D eigenvalue weighted by Gasteiger charge is 2.26. The van der Waals surface area contributed by atoms with Crippen LogP contribution < -0.4 is 10.2 Å². The standard InChI is InChI=1S/C23H30FN3O3/c1-14-12-15(2)21(16(3)20(14)22(28)30-23(4,5)29)26-18-8-10-27(11-9-18)19-7-6-17(24)13-25-19/h6-7,12-13,18,26,29H,8-11H2,1-5H3. The highest BCUT2D eigenvalue weighted by molar-refractivity contribution is 5.95. The van der Waals surface area contributed by atoms with Gasteiger partial charge in [-0.3, -0.25) is 0 Å². The summed E-state index contributed by atoms with van der Waals surface area (Å²) in [6, 6.07) is 5.35. The minimum Gasteiger partial charge on any atom is -0.430 e. The average Bonchev–Trinajstić information content (AvgIpc) is 2.65. The predicted molar refractivity (Wildman–Crippen MR) is 115 cm³/mol. The monoisotopic (exact) mass is 415 g/mol. The number of aliphatic hydroxyl groups is 1. The van der Waals surface area contributed by atoms with E-state index >= 15 is 0 Å². The van der Waals surface area contributed by atoms with Crippen LogP contribution in [-0.2, 0) is 4.74 Å². The van der Waals surface area contributed by atoms with Crippen LogP contribution in [0.2, 0.25) is 0 Å². The summed E-state index contributed by atoms with van der Waals surface area (Å²) in [5.41, 5.74) is 4.12. The zero-order chi connectivity index (χ0) is 22.1. The number of anilines is 2. The molecule has 0 saturated carbocycles. The number of rotatable bonds is 5. The first-order chi connectivity index (χ1) is 14.0. The Labute approximate surface area is 177 Å². The minimum atomic E-state index is -1.53. The lowest BCUT2D eigenvalue weighted by Gasteiger charge is -2.34. The molecule has 0 spiro atoms. The number of halogens is 1. The number of hydrogen-bond acceptors (Lipinski definition) is 6. The fourth-order valence-corrected chi connectivity index (χ4v) is 4.01. The van der Waals surface area contributed by atoms with E-state index in [9.17, 15) is 14.3 Å². The Morgan fingerprint density at radius 1 is 1.23 bits per heavy atom. The fraction of sp³-hybridized carbons (Fsp3) is 0.478. The van der Waals surface area contributed by atoms with Crippen molar-refractivity contribution in [2.75, 3.05) is 23.3 Å². The maximum absolute atomic E-state index is 13.1. The number of hydrogen-bond donors (Lipinski definition) is 2. The SMILES string of the molecule is Cc1cc(C)c(C(=O)OC(C)(C)O)c(C)c1NC1CCN(c2ccc(F)cn2)CC1. The molecule has 0 atom stereocenters. The van der Waals surface area contributed by atoms with E-state index in [0.717, 1.165) is 54.1 Å². The Bertz CT molecular complexity index is 915. The first kappa shape index (κ1) is 22.0. The van der Waals surface area contributed by atoms with Crippen molar-refractivity contribution in [2.45, 2.75) is 59.3 Å². The van der Waals surface area contributed by atoms with Crippen molar-refractivity contribution in [3.8, 4) is 0 Å². The number of ether oxygens (including phenoxy) is 1. The molecular weight excluding hydrogens is 385 g/mol. The highest BCUT2D eigenvalue weighted by atomic mass is 19.1. The van der Waals surface area contributed by atoms with Gasteiger partial charge >= 0.3 is 5.97 Å². The van der Waals surface area contributed by atoms with Crippen molar-refractivity contribution in [3.05, 3.63) is 52.5 Å². The Kier molecular flexibility index (Phi) is 6.31. The van der Waals surface area contributed by atoms with E-state index in [-0.39, 0.29) is 11.9 Å². The molecule has 0 radical (unpaired) electrons. The van der Waals surface area contributed by atoms with Crippen LogP contribution in [-0.4, -0.2) is 41.0 Å². The van der Waals surface area contributed by atoms with Gasteiger partial charge in [-0.2, -0.15) is 0 Å². The number of benzene rings is 1. The summed E-state index contributed by atoms with van der Waals surface area (Å²) in [6.07, 6.45) is 3.04. The summed E-state index contributed by atoms with van der Waals surface area (Å²) in [6.45, 7) is 10.3. The molecule has 2 heterocycles. The minimum absolute atomic E-state index is 0.250. The second-order valence-corrected chi connectivity index (χ2v) is 8.46. The van der Waals surface area contributed by atoms with Crippen LogP contribution in [0.4, 0.5) is 15.9 Å². The lowest BCUT2D eigenvalue weighted by Crippen LogP contribution is -2.39. The van der Waals surface area contributed by atoms with E-state index in [1.165, 1.54) is 26.1 Å². The summed E-state index contributed by atoms with van der Waals surface area (Å²) in [5, 5.41) is 13.5. The molecule has 3 rings (SSSR count). The summed E-state index contributed by atoms with van der Waals surface area (Å²) in [7, 11) is 0. The van der Waals surface area contributed by atoms with Crippen molar-refractivity contribution in [3.63, 3.8) is 0 Å². The number of piperidine rings is 1. The van der Waals surface area contributed by atoms with Crippen molar-refractivity contribution in [1.29, 1.82) is 0 Å². The molecule has 0 aliphatic carbocycles. The average molecular weight is 416 g/mol. The zero-order valence-corrected chi connectivity index (χ0v) is 18.3. The van der Waals surface area contributed by atoms with Gasteiger partial charge in [-0.25, -0.2) is 14.2 Å². The first-order valence-corrected chi connectivity index (χ1v) is 10.2. The molecule has 1 aliphatic heterocycles. The van der Waals surface area contributed by atoms with Crippen LogP contribution >= 0.6 is 0 Å². The largest absolute Gasteiger partial charge is 0.430 e. The fourth-order valence-electron chi connectivity index (χ4n) is 4.01. The molecular formula is C23H30FN3O3. The van der Waals surface area contributed by atoms with Gasteiger partial charge in [0.05, 0.1) is 11.8 Å². The third-order valence-corrected chi connectivity index (χ3v) is 5.40. The maximum atomic E-state index is 13.1. The molecule has 6 nitrogen and oxygen atoms in total. The molecule has 0 amide bonds. The zero-order valence-electron chi connectivity index (χ0n) is 18.3. The van der Waals surface area contributed by atoms with Gasteiger partial charge in [-0.05, 0) is 62.4 Å². The molecule has 1 aromatic carbocycles. The molecule has 0 unspecified atom stereocenters. The van der Waals surface area contributed by atoms with Crippen LogP contribution in [0.5, 0.6) is 0 Å². The number of pyridine rings is 1. The van der Waals surface area contributed by atoms with Gasteiger partial charge in [0.1, 0.15) is 11.6 Å². The molecule has 2 aromatic rings. The van der Waals surface area contributed by atoms with Gasteiger partial charge in [0.2, 0.25) is 5.79 Å². The summed E-state index contributed by atoms with van der Waals surface area (Å²) < 4.78 is 18.3. The molecule has 7 heteroatoms. The van der Waals surface area contributed by atoms with Crippen molar-refractivity contribution in [2.24, 2.45) is 0 Å². The van der Waals surface area contributed by atoms with Crippen LogP contribution in [0.15, 0.2) is 24.4 Å². The van der Waals surface area contributed by atoms with Crippen LogP contribution in [0.1, 0.15) is 53.7 Å². The summed E-state index contributed by atoms with van der Waals surface area (Å²) >= 11 is 0.